The maximum Gasteiger partial charge on any atom is 0.191 e. The molecular weight excluding hydrogens is 535 g/mol. The summed E-state index contributed by atoms with van der Waals surface area (Å²) in [4.78, 5) is 11.3. The molecule has 2 aromatic carbocycles. The van der Waals surface area contributed by atoms with Gasteiger partial charge in [0.1, 0.15) is 0 Å². The van der Waals surface area contributed by atoms with Crippen molar-refractivity contribution in [3.05, 3.63) is 83.4 Å². The second kappa shape index (κ2) is 12.1. The van der Waals surface area contributed by atoms with Crippen molar-refractivity contribution in [1.29, 1.82) is 0 Å². The lowest BCUT2D eigenvalue weighted by Gasteiger charge is -2.20. The molecule has 8 heteroatoms. The molecule has 1 atom stereocenters. The molecule has 1 fully saturated rings. The number of nitrogens with zero attached hydrogens (tertiary/aromatic N) is 4. The van der Waals surface area contributed by atoms with Gasteiger partial charge >= 0.3 is 0 Å². The first kappa shape index (κ1) is 24.4. The Kier molecular flexibility index (Phi) is 9.23. The van der Waals surface area contributed by atoms with Gasteiger partial charge in [-0.05, 0) is 42.7 Å². The fourth-order valence-corrected chi connectivity index (χ4v) is 3.99. The number of aliphatic imine (C=N–C) groups is 1. The van der Waals surface area contributed by atoms with E-state index in [1.165, 1.54) is 16.8 Å². The van der Waals surface area contributed by atoms with Crippen LogP contribution in [0.4, 0.5) is 5.69 Å². The molecule has 0 aliphatic carbocycles. The maximum absolute atomic E-state index is 6.15. The van der Waals surface area contributed by atoms with Gasteiger partial charge in [0.25, 0.3) is 0 Å². The third-order valence-corrected chi connectivity index (χ3v) is 5.65. The van der Waals surface area contributed by atoms with Crippen molar-refractivity contribution in [1.82, 2.24) is 20.2 Å². The van der Waals surface area contributed by atoms with Gasteiger partial charge in [-0.15, -0.1) is 24.0 Å². The Bertz CT molecular complexity index is 990. The Hall–Kier alpha value is -2.26. The zero-order valence-electron chi connectivity index (χ0n) is 18.2. The number of nitrogens with one attached hydrogen (secondary N) is 2. The number of hydrogen-bond donors (Lipinski definition) is 2. The quantitative estimate of drug-likeness (QED) is 0.251. The SMILES string of the molecule is CCNC(=NCc1ccc(Cn2ccnc2)cc1)NC1CCN(c2cccc(Cl)c2)C1.I. The highest BCUT2D eigenvalue weighted by molar-refractivity contribution is 14.0. The minimum absolute atomic E-state index is 0. The molecule has 1 aliphatic heterocycles. The van der Waals surface area contributed by atoms with Crippen molar-refractivity contribution >= 4 is 47.2 Å². The Morgan fingerprint density at radius 1 is 1.19 bits per heavy atom. The van der Waals surface area contributed by atoms with E-state index < -0.39 is 0 Å². The van der Waals surface area contributed by atoms with Gasteiger partial charge in [0.05, 0.1) is 12.9 Å². The summed E-state index contributed by atoms with van der Waals surface area (Å²) < 4.78 is 2.06. The predicted molar refractivity (Wildman–Crippen MR) is 143 cm³/mol. The smallest absolute Gasteiger partial charge is 0.191 e. The molecule has 2 heterocycles. The minimum atomic E-state index is 0. The lowest BCUT2D eigenvalue weighted by molar-refractivity contribution is 0.649. The molecule has 170 valence electrons. The van der Waals surface area contributed by atoms with Crippen LogP contribution in [0.15, 0.2) is 72.2 Å². The van der Waals surface area contributed by atoms with E-state index in [-0.39, 0.29) is 24.0 Å². The zero-order chi connectivity index (χ0) is 21.5. The number of rotatable bonds is 7. The standard InChI is InChI=1S/C24H29ClN6.HI/c1-2-27-24(29-22-10-12-31(17-22)23-5-3-4-21(25)14-23)28-15-19-6-8-20(9-7-19)16-30-13-11-26-18-30;/h3-9,11,13-14,18,22H,2,10,12,15-17H2,1H3,(H2,27,28,29);1H. The van der Waals surface area contributed by atoms with E-state index in [1.807, 2.05) is 30.7 Å². The molecule has 0 bridgehead atoms. The summed E-state index contributed by atoms with van der Waals surface area (Å²) in [6.45, 7) is 6.35. The molecule has 1 unspecified atom stereocenters. The molecule has 1 saturated heterocycles. The monoisotopic (exact) mass is 564 g/mol. The van der Waals surface area contributed by atoms with Crippen LogP contribution in [-0.4, -0.2) is 41.2 Å². The van der Waals surface area contributed by atoms with Crippen LogP contribution in [0, 0.1) is 0 Å². The van der Waals surface area contributed by atoms with Crippen molar-refractivity contribution in [2.75, 3.05) is 24.5 Å². The third kappa shape index (κ3) is 6.87. The van der Waals surface area contributed by atoms with Gasteiger partial charge in [-0.1, -0.05) is 41.9 Å². The number of hydrogen-bond acceptors (Lipinski definition) is 3. The summed E-state index contributed by atoms with van der Waals surface area (Å²) in [6, 6.07) is 17.0. The Morgan fingerprint density at radius 2 is 2.00 bits per heavy atom. The van der Waals surface area contributed by atoms with Crippen LogP contribution < -0.4 is 15.5 Å². The van der Waals surface area contributed by atoms with E-state index in [2.05, 4.69) is 62.3 Å². The van der Waals surface area contributed by atoms with Crippen LogP contribution in [0.1, 0.15) is 24.5 Å². The minimum Gasteiger partial charge on any atom is -0.369 e. The number of benzene rings is 2. The number of aromatic nitrogens is 2. The Balaban J connectivity index is 0.00000289. The van der Waals surface area contributed by atoms with Gasteiger partial charge in [0, 0.05) is 55.3 Å². The zero-order valence-corrected chi connectivity index (χ0v) is 21.3. The van der Waals surface area contributed by atoms with Gasteiger partial charge in [0.15, 0.2) is 5.96 Å². The van der Waals surface area contributed by atoms with E-state index in [4.69, 9.17) is 16.6 Å². The fraction of sp³-hybridized carbons (Fsp3) is 0.333. The maximum atomic E-state index is 6.15. The average Bonchev–Trinajstić information content (AvgIpc) is 3.45. The second-order valence-electron chi connectivity index (χ2n) is 7.80. The highest BCUT2D eigenvalue weighted by Gasteiger charge is 2.23. The van der Waals surface area contributed by atoms with Crippen LogP contribution in [0.2, 0.25) is 5.02 Å². The van der Waals surface area contributed by atoms with Crippen molar-refractivity contribution < 1.29 is 0 Å². The lowest BCUT2D eigenvalue weighted by atomic mass is 10.1. The molecular formula is C24H30ClIN6. The number of imidazole rings is 1. The molecule has 0 saturated carbocycles. The van der Waals surface area contributed by atoms with Crippen molar-refractivity contribution in [3.8, 4) is 0 Å². The molecule has 1 aliphatic rings. The largest absolute Gasteiger partial charge is 0.369 e. The van der Waals surface area contributed by atoms with Gasteiger partial charge in [-0.25, -0.2) is 9.98 Å². The average molecular weight is 565 g/mol. The number of halogens is 2. The van der Waals surface area contributed by atoms with E-state index in [0.29, 0.717) is 12.6 Å². The summed E-state index contributed by atoms with van der Waals surface area (Å²) in [6.07, 6.45) is 6.68. The van der Waals surface area contributed by atoms with Gasteiger partial charge < -0.3 is 20.1 Å². The third-order valence-electron chi connectivity index (χ3n) is 5.41. The first-order valence-electron chi connectivity index (χ1n) is 10.8. The molecule has 32 heavy (non-hydrogen) atoms. The topological polar surface area (TPSA) is 57.5 Å². The predicted octanol–water partition coefficient (Wildman–Crippen LogP) is 4.54. The van der Waals surface area contributed by atoms with Gasteiger partial charge in [0.2, 0.25) is 0 Å². The molecule has 0 spiro atoms. The van der Waals surface area contributed by atoms with Crippen LogP contribution in [0.5, 0.6) is 0 Å². The fourth-order valence-electron chi connectivity index (χ4n) is 3.81. The van der Waals surface area contributed by atoms with E-state index in [0.717, 1.165) is 43.6 Å². The van der Waals surface area contributed by atoms with Crippen LogP contribution in [-0.2, 0) is 13.1 Å². The summed E-state index contributed by atoms with van der Waals surface area (Å²) in [5.41, 5.74) is 3.62. The van der Waals surface area contributed by atoms with Crippen molar-refractivity contribution in [2.45, 2.75) is 32.5 Å². The summed E-state index contributed by atoms with van der Waals surface area (Å²) in [5.74, 6) is 0.864. The van der Waals surface area contributed by atoms with Crippen molar-refractivity contribution in [2.24, 2.45) is 4.99 Å². The number of anilines is 1. The van der Waals surface area contributed by atoms with Crippen LogP contribution in [0.3, 0.4) is 0 Å². The normalized spacial score (nSPS) is 16.0. The summed E-state index contributed by atoms with van der Waals surface area (Å²) >= 11 is 6.15. The lowest BCUT2D eigenvalue weighted by Crippen LogP contribution is -2.44. The molecule has 3 aromatic rings. The van der Waals surface area contributed by atoms with E-state index >= 15 is 0 Å². The first-order chi connectivity index (χ1) is 15.2. The summed E-state index contributed by atoms with van der Waals surface area (Å²) in [5, 5.41) is 7.75. The molecule has 4 rings (SSSR count). The number of guanidine groups is 1. The highest BCUT2D eigenvalue weighted by atomic mass is 127. The summed E-state index contributed by atoms with van der Waals surface area (Å²) in [7, 11) is 0. The van der Waals surface area contributed by atoms with E-state index in [1.54, 1.807) is 6.20 Å². The molecule has 2 N–H and O–H groups in total. The van der Waals surface area contributed by atoms with Crippen LogP contribution >= 0.6 is 35.6 Å². The van der Waals surface area contributed by atoms with Gasteiger partial charge in [-0.3, -0.25) is 0 Å². The first-order valence-corrected chi connectivity index (χ1v) is 11.2. The van der Waals surface area contributed by atoms with Gasteiger partial charge in [-0.2, -0.15) is 0 Å². The van der Waals surface area contributed by atoms with E-state index in [9.17, 15) is 0 Å². The highest BCUT2D eigenvalue weighted by Crippen LogP contribution is 2.23. The molecule has 1 aromatic heterocycles. The molecule has 0 amide bonds. The Labute approximate surface area is 212 Å². The molecule has 0 radical (unpaired) electrons. The van der Waals surface area contributed by atoms with Crippen LogP contribution in [0.25, 0.3) is 0 Å². The van der Waals surface area contributed by atoms with Crippen molar-refractivity contribution in [3.63, 3.8) is 0 Å². The Morgan fingerprint density at radius 3 is 2.72 bits per heavy atom. The second-order valence-corrected chi connectivity index (χ2v) is 8.24. The molecule has 6 nitrogen and oxygen atoms in total.